The van der Waals surface area contributed by atoms with Gasteiger partial charge in [-0.25, -0.2) is 9.89 Å². The summed E-state index contributed by atoms with van der Waals surface area (Å²) in [7, 11) is 0. The number of aromatic amines is 1. The molecule has 0 aliphatic heterocycles. The second-order valence-electron chi connectivity index (χ2n) is 7.43. The molecule has 5 rings (SSSR count). The number of fused-ring (bicyclic) bond motifs is 1. The predicted molar refractivity (Wildman–Crippen MR) is 140 cm³/mol. The minimum atomic E-state index is -4.33. The highest BCUT2D eigenvalue weighted by Gasteiger charge is 2.31. The summed E-state index contributed by atoms with van der Waals surface area (Å²) in [6, 6.07) is 17.1. The molecule has 0 fully saturated rings. The van der Waals surface area contributed by atoms with Gasteiger partial charge in [0.2, 0.25) is 0 Å². The number of pyridine rings is 1. The van der Waals surface area contributed by atoms with Gasteiger partial charge >= 0.3 is 11.9 Å². The van der Waals surface area contributed by atoms with Crippen molar-refractivity contribution in [2.45, 2.75) is 26.9 Å². The fourth-order valence-electron chi connectivity index (χ4n) is 3.25. The van der Waals surface area contributed by atoms with Crippen LogP contribution in [0.15, 0.2) is 77.9 Å². The Balaban J connectivity index is 0.000000247. The molecule has 192 valence electrons. The van der Waals surface area contributed by atoms with E-state index in [1.54, 1.807) is 25.3 Å². The van der Waals surface area contributed by atoms with Gasteiger partial charge in [0.15, 0.2) is 5.65 Å². The number of nitrogens with one attached hydrogen (secondary N) is 1. The quantitative estimate of drug-likeness (QED) is 0.248. The van der Waals surface area contributed by atoms with E-state index in [2.05, 4.69) is 20.3 Å². The number of alkyl halides is 3. The molecule has 0 bridgehead atoms. The summed E-state index contributed by atoms with van der Waals surface area (Å²) in [6.07, 6.45) is -1.48. The fourth-order valence-corrected chi connectivity index (χ4v) is 3.50. The largest absolute Gasteiger partial charge is 0.433 e. The van der Waals surface area contributed by atoms with Crippen molar-refractivity contribution in [1.29, 1.82) is 0 Å². The second kappa shape index (κ2) is 12.0. The van der Waals surface area contributed by atoms with Gasteiger partial charge in [-0.3, -0.25) is 4.98 Å². The lowest BCUT2D eigenvalue weighted by molar-refractivity contribution is -0.141. The van der Waals surface area contributed by atoms with Crippen molar-refractivity contribution >= 4 is 28.8 Å². The molecule has 0 saturated heterocycles. The van der Waals surface area contributed by atoms with Gasteiger partial charge < -0.3 is 0 Å². The summed E-state index contributed by atoms with van der Waals surface area (Å²) in [5.41, 5.74) is 3.40. The van der Waals surface area contributed by atoms with Crippen molar-refractivity contribution in [3.63, 3.8) is 0 Å². The van der Waals surface area contributed by atoms with Gasteiger partial charge in [0.1, 0.15) is 5.69 Å². The molecule has 0 saturated carbocycles. The average Bonchev–Trinajstić information content (AvgIpc) is 3.27. The van der Waals surface area contributed by atoms with Crippen LogP contribution in [-0.2, 0) is 6.18 Å². The van der Waals surface area contributed by atoms with Gasteiger partial charge in [-0.05, 0) is 53.9 Å². The van der Waals surface area contributed by atoms with Crippen LogP contribution in [0.5, 0.6) is 0 Å². The molecule has 0 amide bonds. The van der Waals surface area contributed by atoms with E-state index in [1.165, 1.54) is 16.8 Å². The molecule has 0 aliphatic rings. The number of hydrogen-bond acceptors (Lipinski definition) is 4. The molecule has 6 nitrogen and oxygen atoms in total. The first-order valence-electron chi connectivity index (χ1n) is 11.1. The maximum absolute atomic E-state index is 11.9. The Morgan fingerprint density at radius 2 is 1.41 bits per heavy atom. The van der Waals surface area contributed by atoms with E-state index >= 15 is 0 Å². The number of aryl methyl sites for hydroxylation is 1. The summed E-state index contributed by atoms with van der Waals surface area (Å²) in [4.78, 5) is 15.1. The Morgan fingerprint density at radius 3 is 1.92 bits per heavy atom. The molecule has 3 heterocycles. The van der Waals surface area contributed by atoms with Gasteiger partial charge in [-0.15, -0.1) is 0 Å². The lowest BCUT2D eigenvalue weighted by Gasteiger charge is -2.10. The Bertz CT molecular complexity index is 1510. The van der Waals surface area contributed by atoms with Crippen LogP contribution in [0.3, 0.4) is 0 Å². The Morgan fingerprint density at radius 1 is 0.838 bits per heavy atom. The Hall–Kier alpha value is -3.69. The minimum Gasteiger partial charge on any atom is -0.252 e. The summed E-state index contributed by atoms with van der Waals surface area (Å²) >= 11 is 12.0. The molecule has 5 aromatic rings. The van der Waals surface area contributed by atoms with E-state index in [1.807, 2.05) is 50.2 Å². The summed E-state index contributed by atoms with van der Waals surface area (Å²) in [5.74, 6) is 0. The van der Waals surface area contributed by atoms with Crippen LogP contribution in [0.1, 0.15) is 25.1 Å². The molecule has 0 aliphatic carbocycles. The van der Waals surface area contributed by atoms with E-state index in [-0.39, 0.29) is 5.69 Å². The maximum Gasteiger partial charge on any atom is 0.433 e. The number of benzene rings is 2. The molecule has 0 unspecified atom stereocenters. The van der Waals surface area contributed by atoms with E-state index in [4.69, 9.17) is 23.2 Å². The predicted octanol–water partition coefficient (Wildman–Crippen LogP) is 7.49. The first-order valence-corrected chi connectivity index (χ1v) is 11.9. The topological polar surface area (TPSA) is 75.9 Å². The van der Waals surface area contributed by atoms with Crippen molar-refractivity contribution < 1.29 is 13.2 Å². The lowest BCUT2D eigenvalue weighted by Crippen LogP contribution is -2.12. The van der Waals surface area contributed by atoms with Gasteiger partial charge in [0.05, 0.1) is 6.20 Å². The van der Waals surface area contributed by atoms with Gasteiger partial charge in [-0.1, -0.05) is 67.4 Å². The monoisotopic (exact) mass is 547 g/mol. The molecule has 2 aromatic carbocycles. The SMILES string of the molecule is CC.Cc1ccc(C(F)(F)F)nc1.O=c1[nH]nc2c(-c3ccc(Cl)cc3)c(-c3ccc(Cl)cc3)cnn12. The summed E-state index contributed by atoms with van der Waals surface area (Å²) < 4.78 is 36.8. The van der Waals surface area contributed by atoms with Crippen molar-refractivity contribution in [2.75, 3.05) is 0 Å². The molecule has 0 atom stereocenters. The molecule has 11 heteroatoms. The maximum atomic E-state index is 11.9. The van der Waals surface area contributed by atoms with E-state index in [9.17, 15) is 18.0 Å². The average molecular weight is 548 g/mol. The van der Waals surface area contributed by atoms with E-state index in [0.29, 0.717) is 15.7 Å². The molecule has 0 radical (unpaired) electrons. The fraction of sp³-hybridized carbons (Fsp3) is 0.154. The highest BCUT2D eigenvalue weighted by molar-refractivity contribution is 6.31. The van der Waals surface area contributed by atoms with Gasteiger partial charge in [0.25, 0.3) is 0 Å². The molecular weight excluding hydrogens is 526 g/mol. The highest BCUT2D eigenvalue weighted by Crippen LogP contribution is 2.34. The number of halogens is 5. The normalized spacial score (nSPS) is 10.8. The van der Waals surface area contributed by atoms with Crippen LogP contribution < -0.4 is 5.69 Å². The molecule has 0 spiro atoms. The third-order valence-corrected chi connectivity index (χ3v) is 5.44. The first kappa shape index (κ1) is 27.9. The zero-order valence-electron chi connectivity index (χ0n) is 20.0. The van der Waals surface area contributed by atoms with Crippen LogP contribution >= 0.6 is 23.2 Å². The van der Waals surface area contributed by atoms with Crippen LogP contribution in [0.25, 0.3) is 27.9 Å². The van der Waals surface area contributed by atoms with E-state index in [0.717, 1.165) is 33.9 Å². The van der Waals surface area contributed by atoms with Crippen molar-refractivity contribution in [1.82, 2.24) is 24.8 Å². The summed E-state index contributed by atoms with van der Waals surface area (Å²) in [5, 5.41) is 12.0. The zero-order chi connectivity index (χ0) is 27.2. The Kier molecular flexibility index (Phi) is 9.07. The van der Waals surface area contributed by atoms with Crippen LogP contribution in [0.4, 0.5) is 13.2 Å². The standard InChI is InChI=1S/C17H10Cl2N4O.C7H6F3N.C2H6/c18-12-5-1-10(2-6-12)14-9-20-23-16(21-22-17(23)24)15(14)11-3-7-13(19)8-4-11;1-5-2-3-6(11-4-5)7(8,9)10;1-2/h1-9H,(H,22,24);2-4H,1H3;1-2H3. The van der Waals surface area contributed by atoms with Gasteiger partial charge in [0, 0.05) is 27.4 Å². The molecule has 37 heavy (non-hydrogen) atoms. The minimum absolute atomic E-state index is 0.386. The van der Waals surface area contributed by atoms with Crippen molar-refractivity contribution in [2.24, 2.45) is 0 Å². The van der Waals surface area contributed by atoms with Crippen LogP contribution in [0, 0.1) is 6.92 Å². The number of aromatic nitrogens is 5. The van der Waals surface area contributed by atoms with Gasteiger partial charge in [-0.2, -0.15) is 27.9 Å². The Labute approximate surface area is 220 Å². The number of nitrogens with zero attached hydrogens (tertiary/aromatic N) is 4. The van der Waals surface area contributed by atoms with Crippen LogP contribution in [0.2, 0.25) is 10.0 Å². The van der Waals surface area contributed by atoms with Crippen LogP contribution in [-0.4, -0.2) is 24.8 Å². The third kappa shape index (κ3) is 6.75. The number of hydrogen-bond donors (Lipinski definition) is 1. The van der Waals surface area contributed by atoms with Crippen molar-refractivity contribution in [3.8, 4) is 22.3 Å². The van der Waals surface area contributed by atoms with E-state index < -0.39 is 11.9 Å². The molecule has 1 N–H and O–H groups in total. The highest BCUT2D eigenvalue weighted by atomic mass is 35.5. The smallest absolute Gasteiger partial charge is 0.252 e. The summed E-state index contributed by atoms with van der Waals surface area (Å²) in [6.45, 7) is 5.69. The van der Waals surface area contributed by atoms with Crippen molar-refractivity contribution in [3.05, 3.63) is 105 Å². The lowest BCUT2D eigenvalue weighted by atomic mass is 9.97. The number of H-pyrrole nitrogens is 1. The second-order valence-corrected chi connectivity index (χ2v) is 8.30. The number of rotatable bonds is 2. The first-order chi connectivity index (χ1) is 17.6. The molecular formula is C26H22Cl2F3N5O. The zero-order valence-corrected chi connectivity index (χ0v) is 21.5. The third-order valence-electron chi connectivity index (χ3n) is 4.94. The molecule has 3 aromatic heterocycles.